The number of aromatic nitrogens is 1. The maximum Gasteiger partial charge on any atom is 0.337 e. The van der Waals surface area contributed by atoms with Crippen molar-refractivity contribution in [2.75, 3.05) is 12.0 Å². The fourth-order valence-electron chi connectivity index (χ4n) is 3.96. The molecule has 4 rings (SSSR count). The molecule has 1 aliphatic heterocycles. The number of benzene rings is 2. The van der Waals surface area contributed by atoms with E-state index in [1.807, 2.05) is 37.5 Å². The summed E-state index contributed by atoms with van der Waals surface area (Å²) in [7, 11) is 1.32. The minimum absolute atomic E-state index is 0.149. The van der Waals surface area contributed by atoms with Gasteiger partial charge in [-0.1, -0.05) is 23.8 Å². The molecule has 0 atom stereocenters. The van der Waals surface area contributed by atoms with E-state index in [1.54, 1.807) is 42.5 Å². The number of carbonyl (C=O) groups is 4. The third kappa shape index (κ3) is 4.01. The van der Waals surface area contributed by atoms with E-state index in [0.717, 1.165) is 27.5 Å². The van der Waals surface area contributed by atoms with Crippen LogP contribution in [0, 0.1) is 20.8 Å². The van der Waals surface area contributed by atoms with Gasteiger partial charge in [-0.3, -0.25) is 14.9 Å². The summed E-state index contributed by atoms with van der Waals surface area (Å²) in [5.41, 5.74) is 4.56. The minimum atomic E-state index is -0.791. The molecule has 1 N–H and O–H groups in total. The molecule has 0 spiro atoms. The third-order valence-electron chi connectivity index (χ3n) is 5.69. The van der Waals surface area contributed by atoms with E-state index in [-0.39, 0.29) is 5.57 Å². The molecule has 1 fully saturated rings. The standard InChI is InChI=1S/C26H23N3O5/c1-15-8-10-20(11-9-15)29-24(31)22(23(30)27-26(29)33)14-19-12-16(2)28(17(19)3)21-7-5-6-18(13-21)25(32)34-4/h5-14H,1-4H3,(H,27,30,33)/b22-14+. The van der Waals surface area contributed by atoms with Crippen molar-refractivity contribution in [3.63, 3.8) is 0 Å². The summed E-state index contributed by atoms with van der Waals surface area (Å²) in [5, 5.41) is 2.24. The highest BCUT2D eigenvalue weighted by Gasteiger charge is 2.37. The maximum atomic E-state index is 13.2. The van der Waals surface area contributed by atoms with Gasteiger partial charge in [-0.2, -0.15) is 0 Å². The van der Waals surface area contributed by atoms with Gasteiger partial charge in [-0.15, -0.1) is 0 Å². The smallest absolute Gasteiger partial charge is 0.337 e. The van der Waals surface area contributed by atoms with Crippen molar-refractivity contribution in [3.8, 4) is 5.69 Å². The fraction of sp³-hybridized carbons (Fsp3) is 0.154. The largest absolute Gasteiger partial charge is 0.465 e. The summed E-state index contributed by atoms with van der Waals surface area (Å²) in [5.74, 6) is -1.90. The summed E-state index contributed by atoms with van der Waals surface area (Å²) >= 11 is 0. The van der Waals surface area contributed by atoms with Crippen molar-refractivity contribution in [1.29, 1.82) is 0 Å². The number of ether oxygens (including phenoxy) is 1. The zero-order valence-electron chi connectivity index (χ0n) is 19.2. The second kappa shape index (κ2) is 8.82. The van der Waals surface area contributed by atoms with Gasteiger partial charge in [0.05, 0.1) is 18.4 Å². The molecule has 2 aromatic carbocycles. The Labute approximate surface area is 196 Å². The van der Waals surface area contributed by atoms with Crippen LogP contribution in [0.15, 0.2) is 60.2 Å². The first kappa shape index (κ1) is 22.7. The van der Waals surface area contributed by atoms with Crippen LogP contribution < -0.4 is 10.2 Å². The number of amides is 4. The molecule has 2 heterocycles. The molecule has 4 amide bonds. The molecule has 172 valence electrons. The van der Waals surface area contributed by atoms with Crippen molar-refractivity contribution in [3.05, 3.63) is 88.2 Å². The monoisotopic (exact) mass is 457 g/mol. The van der Waals surface area contributed by atoms with Crippen molar-refractivity contribution < 1.29 is 23.9 Å². The number of methoxy groups -OCH3 is 1. The normalized spacial score (nSPS) is 15.0. The molecule has 0 unspecified atom stereocenters. The Hall–Kier alpha value is -4.46. The number of nitrogens with zero attached hydrogens (tertiary/aromatic N) is 2. The van der Waals surface area contributed by atoms with Gasteiger partial charge in [0.1, 0.15) is 5.57 Å². The zero-order chi connectivity index (χ0) is 24.6. The van der Waals surface area contributed by atoms with Gasteiger partial charge in [-0.25, -0.2) is 14.5 Å². The van der Waals surface area contributed by atoms with Crippen LogP contribution in [0.5, 0.6) is 0 Å². The van der Waals surface area contributed by atoms with Crippen molar-refractivity contribution in [2.24, 2.45) is 0 Å². The molecule has 0 aliphatic carbocycles. The van der Waals surface area contributed by atoms with E-state index in [0.29, 0.717) is 16.8 Å². The SMILES string of the molecule is COC(=O)c1cccc(-n2c(C)cc(/C=C3\C(=O)NC(=O)N(c4ccc(C)cc4)C3=O)c2C)c1. The van der Waals surface area contributed by atoms with E-state index >= 15 is 0 Å². The predicted octanol–water partition coefficient (Wildman–Crippen LogP) is 3.86. The van der Waals surface area contributed by atoms with Gasteiger partial charge >= 0.3 is 12.0 Å². The third-order valence-corrected chi connectivity index (χ3v) is 5.69. The number of aryl methyl sites for hydroxylation is 2. The van der Waals surface area contributed by atoms with Gasteiger partial charge in [0.15, 0.2) is 0 Å². The Kier molecular flexibility index (Phi) is 5.89. The number of nitrogens with one attached hydrogen (secondary N) is 1. The Morgan fingerprint density at radius 2 is 1.65 bits per heavy atom. The van der Waals surface area contributed by atoms with Crippen LogP contribution >= 0.6 is 0 Å². The highest BCUT2D eigenvalue weighted by molar-refractivity contribution is 6.39. The van der Waals surface area contributed by atoms with Crippen LogP contribution in [-0.4, -0.2) is 35.5 Å². The Morgan fingerprint density at radius 3 is 2.32 bits per heavy atom. The van der Waals surface area contributed by atoms with E-state index in [2.05, 4.69) is 5.32 Å². The van der Waals surface area contributed by atoms with Crippen LogP contribution in [0.3, 0.4) is 0 Å². The number of barbiturate groups is 1. The first-order chi connectivity index (χ1) is 16.2. The summed E-state index contributed by atoms with van der Waals surface area (Å²) < 4.78 is 6.72. The molecular weight excluding hydrogens is 434 g/mol. The molecule has 1 aromatic heterocycles. The van der Waals surface area contributed by atoms with Crippen molar-refractivity contribution in [2.45, 2.75) is 20.8 Å². The number of hydrogen-bond acceptors (Lipinski definition) is 5. The maximum absolute atomic E-state index is 13.2. The number of imide groups is 2. The molecule has 1 aliphatic rings. The molecule has 1 saturated heterocycles. The Bertz CT molecular complexity index is 1370. The number of esters is 1. The number of urea groups is 1. The number of anilines is 1. The summed E-state index contributed by atoms with van der Waals surface area (Å²) in [4.78, 5) is 51.1. The first-order valence-electron chi connectivity index (χ1n) is 10.6. The molecule has 8 heteroatoms. The van der Waals surface area contributed by atoms with E-state index in [1.165, 1.54) is 13.2 Å². The molecule has 0 saturated carbocycles. The van der Waals surface area contributed by atoms with Crippen LogP contribution in [0.2, 0.25) is 0 Å². The number of hydrogen-bond donors (Lipinski definition) is 1. The van der Waals surface area contributed by atoms with Crippen molar-refractivity contribution in [1.82, 2.24) is 9.88 Å². The van der Waals surface area contributed by atoms with E-state index < -0.39 is 23.8 Å². The van der Waals surface area contributed by atoms with Crippen LogP contribution in [0.1, 0.15) is 32.9 Å². The van der Waals surface area contributed by atoms with Crippen LogP contribution in [0.4, 0.5) is 10.5 Å². The number of rotatable bonds is 4. The van der Waals surface area contributed by atoms with E-state index in [9.17, 15) is 19.2 Å². The second-order valence-corrected chi connectivity index (χ2v) is 8.00. The molecule has 34 heavy (non-hydrogen) atoms. The Morgan fingerprint density at radius 1 is 0.941 bits per heavy atom. The van der Waals surface area contributed by atoms with Crippen LogP contribution in [0.25, 0.3) is 11.8 Å². The van der Waals surface area contributed by atoms with E-state index in [4.69, 9.17) is 4.74 Å². The van der Waals surface area contributed by atoms with Crippen LogP contribution in [-0.2, 0) is 14.3 Å². The second-order valence-electron chi connectivity index (χ2n) is 8.00. The summed E-state index contributed by atoms with van der Waals surface area (Å²) in [6, 6.07) is 14.9. The summed E-state index contributed by atoms with van der Waals surface area (Å²) in [6.07, 6.45) is 1.48. The van der Waals surface area contributed by atoms with Gasteiger partial charge < -0.3 is 9.30 Å². The van der Waals surface area contributed by atoms with Gasteiger partial charge in [0.2, 0.25) is 0 Å². The number of carbonyl (C=O) groups excluding carboxylic acids is 4. The average molecular weight is 457 g/mol. The fourth-order valence-corrected chi connectivity index (χ4v) is 3.96. The van der Waals surface area contributed by atoms with Gasteiger partial charge in [0, 0.05) is 17.1 Å². The lowest BCUT2D eigenvalue weighted by molar-refractivity contribution is -0.122. The molecule has 0 bridgehead atoms. The predicted molar refractivity (Wildman–Crippen MR) is 127 cm³/mol. The topological polar surface area (TPSA) is 97.7 Å². The minimum Gasteiger partial charge on any atom is -0.465 e. The highest BCUT2D eigenvalue weighted by atomic mass is 16.5. The molecule has 8 nitrogen and oxygen atoms in total. The Balaban J connectivity index is 1.75. The van der Waals surface area contributed by atoms with Crippen molar-refractivity contribution >= 4 is 35.6 Å². The lowest BCUT2D eigenvalue weighted by atomic mass is 10.1. The quantitative estimate of drug-likeness (QED) is 0.365. The first-order valence-corrected chi connectivity index (χ1v) is 10.6. The highest BCUT2D eigenvalue weighted by Crippen LogP contribution is 2.26. The lowest BCUT2D eigenvalue weighted by Crippen LogP contribution is -2.54. The van der Waals surface area contributed by atoms with Gasteiger partial charge in [-0.05, 0) is 68.8 Å². The summed E-state index contributed by atoms with van der Waals surface area (Å²) in [6.45, 7) is 5.62. The average Bonchev–Trinajstić information content (AvgIpc) is 3.09. The zero-order valence-corrected chi connectivity index (χ0v) is 19.2. The lowest BCUT2D eigenvalue weighted by Gasteiger charge is -2.26. The molecule has 3 aromatic rings. The molecular formula is C26H23N3O5. The molecule has 0 radical (unpaired) electrons. The van der Waals surface area contributed by atoms with Gasteiger partial charge in [0.25, 0.3) is 11.8 Å².